The molecule has 1 aromatic rings. The second-order valence-electron chi connectivity index (χ2n) is 4.28. The summed E-state index contributed by atoms with van der Waals surface area (Å²) in [6.45, 7) is 0. The molecule has 0 spiro atoms. The van der Waals surface area contributed by atoms with Gasteiger partial charge in [0.25, 0.3) is 0 Å². The zero-order chi connectivity index (χ0) is 13.3. The van der Waals surface area contributed by atoms with E-state index in [0.717, 1.165) is 12.1 Å². The lowest BCUT2D eigenvalue weighted by molar-refractivity contribution is -0.137. The van der Waals surface area contributed by atoms with E-state index < -0.39 is 11.7 Å². The fourth-order valence-electron chi connectivity index (χ4n) is 1.95. The minimum Gasteiger partial charge on any atom is -0.365 e. The summed E-state index contributed by atoms with van der Waals surface area (Å²) >= 11 is 0. The van der Waals surface area contributed by atoms with Gasteiger partial charge in [-0.25, -0.2) is 0 Å². The van der Waals surface area contributed by atoms with E-state index in [-0.39, 0.29) is 12.1 Å². The molecule has 1 aliphatic heterocycles. The molecule has 1 amide bonds. The molecule has 1 heterocycles. The number of nitrogens with zero attached hydrogens (tertiary/aromatic N) is 1. The van der Waals surface area contributed by atoms with E-state index in [2.05, 4.69) is 5.32 Å². The molecule has 3 nitrogen and oxygen atoms in total. The van der Waals surface area contributed by atoms with Crippen LogP contribution >= 0.6 is 0 Å². The van der Waals surface area contributed by atoms with Crippen LogP contribution in [0, 0.1) is 0 Å². The minimum absolute atomic E-state index is 0.000485. The minimum atomic E-state index is -4.35. The van der Waals surface area contributed by atoms with E-state index in [9.17, 15) is 18.0 Å². The van der Waals surface area contributed by atoms with Crippen LogP contribution in [0.4, 0.5) is 18.9 Å². The fourth-order valence-corrected chi connectivity index (χ4v) is 1.95. The van der Waals surface area contributed by atoms with Crippen LogP contribution in [0.5, 0.6) is 0 Å². The summed E-state index contributed by atoms with van der Waals surface area (Å²) in [5.74, 6) is -0.000485. The van der Waals surface area contributed by atoms with E-state index in [1.54, 1.807) is 13.1 Å². The fraction of sp³-hybridized carbons (Fsp3) is 0.417. The first-order valence-electron chi connectivity index (χ1n) is 5.57. The van der Waals surface area contributed by atoms with Gasteiger partial charge in [0.15, 0.2) is 0 Å². The van der Waals surface area contributed by atoms with Gasteiger partial charge in [0.05, 0.1) is 5.56 Å². The second kappa shape index (κ2) is 4.51. The van der Waals surface area contributed by atoms with Crippen molar-refractivity contribution in [3.8, 4) is 0 Å². The molecule has 1 unspecified atom stereocenters. The van der Waals surface area contributed by atoms with E-state index in [0.29, 0.717) is 18.5 Å². The van der Waals surface area contributed by atoms with E-state index in [1.807, 2.05) is 0 Å². The van der Waals surface area contributed by atoms with Crippen molar-refractivity contribution in [2.45, 2.75) is 25.2 Å². The number of amides is 1. The molecular weight excluding hydrogens is 245 g/mol. The topological polar surface area (TPSA) is 32.3 Å². The number of benzene rings is 1. The predicted octanol–water partition coefficient (Wildman–Crippen LogP) is 2.70. The van der Waals surface area contributed by atoms with Crippen LogP contribution in [-0.4, -0.2) is 24.0 Å². The van der Waals surface area contributed by atoms with Crippen molar-refractivity contribution >= 4 is 11.6 Å². The van der Waals surface area contributed by atoms with Gasteiger partial charge >= 0.3 is 6.18 Å². The van der Waals surface area contributed by atoms with Gasteiger partial charge in [-0.05, 0) is 24.6 Å². The number of carbonyl (C=O) groups is 1. The Morgan fingerprint density at radius 3 is 2.67 bits per heavy atom. The second-order valence-corrected chi connectivity index (χ2v) is 4.28. The molecule has 0 bridgehead atoms. The molecule has 2 rings (SSSR count). The number of carbonyl (C=O) groups excluding carboxylic acids is 1. The van der Waals surface area contributed by atoms with Crippen molar-refractivity contribution in [2.75, 3.05) is 12.4 Å². The molecule has 98 valence electrons. The smallest absolute Gasteiger partial charge is 0.365 e. The Hall–Kier alpha value is -1.72. The molecule has 1 atom stereocenters. The SMILES string of the molecule is CN1C(=O)CCC1Nc1cccc(C(F)(F)F)c1. The van der Waals surface area contributed by atoms with Crippen molar-refractivity contribution in [1.82, 2.24) is 4.90 Å². The lowest BCUT2D eigenvalue weighted by Gasteiger charge is -2.22. The zero-order valence-corrected chi connectivity index (χ0v) is 9.79. The molecule has 1 fully saturated rings. The Morgan fingerprint density at radius 2 is 2.11 bits per heavy atom. The summed E-state index contributed by atoms with van der Waals surface area (Å²) in [6, 6.07) is 4.99. The average Bonchev–Trinajstić information content (AvgIpc) is 2.60. The molecule has 0 saturated carbocycles. The van der Waals surface area contributed by atoms with Crippen LogP contribution in [0.3, 0.4) is 0 Å². The normalized spacial score (nSPS) is 20.3. The first-order chi connectivity index (χ1) is 8.38. The Balaban J connectivity index is 2.13. The molecule has 0 aliphatic carbocycles. The van der Waals surface area contributed by atoms with Gasteiger partial charge in [0.2, 0.25) is 5.91 Å². The van der Waals surface area contributed by atoms with Gasteiger partial charge in [-0.15, -0.1) is 0 Å². The summed E-state index contributed by atoms with van der Waals surface area (Å²) in [5.41, 5.74) is -0.323. The summed E-state index contributed by atoms with van der Waals surface area (Å²) in [4.78, 5) is 12.8. The van der Waals surface area contributed by atoms with Gasteiger partial charge in [-0.1, -0.05) is 6.07 Å². The van der Waals surface area contributed by atoms with Crippen molar-refractivity contribution in [3.05, 3.63) is 29.8 Å². The number of hydrogen-bond donors (Lipinski definition) is 1. The Labute approximate surface area is 103 Å². The van der Waals surface area contributed by atoms with E-state index in [4.69, 9.17) is 0 Å². The average molecular weight is 258 g/mol. The quantitative estimate of drug-likeness (QED) is 0.884. The van der Waals surface area contributed by atoms with Crippen LogP contribution in [0.1, 0.15) is 18.4 Å². The van der Waals surface area contributed by atoms with Gasteiger partial charge in [0, 0.05) is 19.2 Å². The van der Waals surface area contributed by atoms with Gasteiger partial charge in [-0.2, -0.15) is 13.2 Å². The first kappa shape index (κ1) is 12.7. The Kier molecular flexibility index (Phi) is 3.19. The molecule has 6 heteroatoms. The highest BCUT2D eigenvalue weighted by molar-refractivity contribution is 5.79. The molecule has 18 heavy (non-hydrogen) atoms. The third-order valence-corrected chi connectivity index (χ3v) is 3.02. The lowest BCUT2D eigenvalue weighted by Crippen LogP contribution is -2.34. The largest absolute Gasteiger partial charge is 0.416 e. The first-order valence-corrected chi connectivity index (χ1v) is 5.57. The maximum atomic E-state index is 12.5. The molecule has 0 aromatic heterocycles. The molecule has 1 saturated heterocycles. The standard InChI is InChI=1S/C12H13F3N2O/c1-17-10(5-6-11(17)18)16-9-4-2-3-8(7-9)12(13,14)15/h2-4,7,10,16H,5-6H2,1H3. The van der Waals surface area contributed by atoms with Crippen molar-refractivity contribution in [3.63, 3.8) is 0 Å². The Bertz CT molecular complexity index is 459. The van der Waals surface area contributed by atoms with E-state index >= 15 is 0 Å². The molecular formula is C12H13F3N2O. The molecule has 0 radical (unpaired) electrons. The maximum Gasteiger partial charge on any atom is 0.416 e. The van der Waals surface area contributed by atoms with Crippen LogP contribution < -0.4 is 5.32 Å². The summed E-state index contributed by atoms with van der Waals surface area (Å²) in [7, 11) is 1.64. The zero-order valence-electron chi connectivity index (χ0n) is 9.79. The number of rotatable bonds is 2. The van der Waals surface area contributed by atoms with Crippen molar-refractivity contribution in [2.24, 2.45) is 0 Å². The maximum absolute atomic E-state index is 12.5. The molecule has 1 N–H and O–H groups in total. The number of halogens is 3. The highest BCUT2D eigenvalue weighted by Gasteiger charge is 2.31. The predicted molar refractivity (Wildman–Crippen MR) is 60.9 cm³/mol. The van der Waals surface area contributed by atoms with Crippen molar-refractivity contribution < 1.29 is 18.0 Å². The number of likely N-dealkylation sites (tertiary alicyclic amines) is 1. The van der Waals surface area contributed by atoms with Crippen LogP contribution in [0.15, 0.2) is 24.3 Å². The summed E-state index contributed by atoms with van der Waals surface area (Å²) in [6.07, 6.45) is -3.56. The van der Waals surface area contributed by atoms with Crippen LogP contribution in [-0.2, 0) is 11.0 Å². The van der Waals surface area contributed by atoms with Gasteiger partial charge < -0.3 is 10.2 Å². The third kappa shape index (κ3) is 2.57. The van der Waals surface area contributed by atoms with Crippen LogP contribution in [0.2, 0.25) is 0 Å². The molecule has 1 aliphatic rings. The van der Waals surface area contributed by atoms with Crippen LogP contribution in [0.25, 0.3) is 0 Å². The van der Waals surface area contributed by atoms with Gasteiger partial charge in [-0.3, -0.25) is 4.79 Å². The van der Waals surface area contributed by atoms with E-state index in [1.165, 1.54) is 11.0 Å². The highest BCUT2D eigenvalue weighted by atomic mass is 19.4. The number of nitrogens with one attached hydrogen (secondary N) is 1. The number of anilines is 1. The molecule has 1 aromatic carbocycles. The van der Waals surface area contributed by atoms with Crippen molar-refractivity contribution in [1.29, 1.82) is 0 Å². The number of alkyl halides is 3. The lowest BCUT2D eigenvalue weighted by atomic mass is 10.2. The van der Waals surface area contributed by atoms with Gasteiger partial charge in [0.1, 0.15) is 6.17 Å². The Morgan fingerprint density at radius 1 is 1.39 bits per heavy atom. The third-order valence-electron chi connectivity index (χ3n) is 3.02. The monoisotopic (exact) mass is 258 g/mol. The highest BCUT2D eigenvalue weighted by Crippen LogP contribution is 2.31. The number of hydrogen-bond acceptors (Lipinski definition) is 2. The summed E-state index contributed by atoms with van der Waals surface area (Å²) < 4.78 is 37.6. The summed E-state index contributed by atoms with van der Waals surface area (Å²) in [5, 5.41) is 2.94.